The van der Waals surface area contributed by atoms with Gasteiger partial charge in [-0.25, -0.2) is 0 Å². The molecule has 0 saturated heterocycles. The lowest BCUT2D eigenvalue weighted by Crippen LogP contribution is -2.08. The van der Waals surface area contributed by atoms with Crippen molar-refractivity contribution in [2.24, 2.45) is 5.41 Å². The second-order valence-electron chi connectivity index (χ2n) is 5.48. The van der Waals surface area contributed by atoms with Crippen LogP contribution in [0.2, 0.25) is 0 Å². The first-order chi connectivity index (χ1) is 9.07. The number of ether oxygens (including phenoxy) is 1. The maximum atomic E-state index is 8.91. The van der Waals surface area contributed by atoms with E-state index in [4.69, 9.17) is 10.00 Å². The Kier molecular flexibility index (Phi) is 6.38. The van der Waals surface area contributed by atoms with E-state index in [1.54, 1.807) is 0 Å². The van der Waals surface area contributed by atoms with E-state index in [-0.39, 0.29) is 5.41 Å². The zero-order chi connectivity index (χ0) is 14.1. The number of nitrogens with zero attached hydrogens (tertiary/aromatic N) is 1. The fraction of sp³-hybridized carbons (Fsp3) is 0.562. The number of hydrogen-bond donors (Lipinski definition) is 1. The highest BCUT2D eigenvalue weighted by Crippen LogP contribution is 2.21. The van der Waals surface area contributed by atoms with Crippen molar-refractivity contribution in [1.82, 2.24) is 5.32 Å². The molecule has 19 heavy (non-hydrogen) atoms. The molecule has 0 aliphatic rings. The van der Waals surface area contributed by atoms with Gasteiger partial charge in [-0.3, -0.25) is 0 Å². The minimum Gasteiger partial charge on any atom is -0.494 e. The van der Waals surface area contributed by atoms with Gasteiger partial charge in [-0.15, -0.1) is 0 Å². The molecule has 1 N–H and O–H groups in total. The maximum absolute atomic E-state index is 8.91. The van der Waals surface area contributed by atoms with Gasteiger partial charge in [0.25, 0.3) is 0 Å². The van der Waals surface area contributed by atoms with Crippen molar-refractivity contribution in [2.45, 2.75) is 39.7 Å². The van der Waals surface area contributed by atoms with Crippen molar-refractivity contribution >= 4 is 0 Å². The Bertz CT molecular complexity index is 404. The minimum atomic E-state index is -0.213. The number of nitriles is 1. The summed E-state index contributed by atoms with van der Waals surface area (Å²) >= 11 is 0. The van der Waals surface area contributed by atoms with Gasteiger partial charge in [0.1, 0.15) is 5.75 Å². The minimum absolute atomic E-state index is 0.213. The first-order valence-corrected chi connectivity index (χ1v) is 6.85. The summed E-state index contributed by atoms with van der Waals surface area (Å²) < 4.78 is 5.68. The topological polar surface area (TPSA) is 45.0 Å². The van der Waals surface area contributed by atoms with E-state index in [0.717, 1.165) is 31.6 Å². The summed E-state index contributed by atoms with van der Waals surface area (Å²) in [6.45, 7) is 5.55. The summed E-state index contributed by atoms with van der Waals surface area (Å²) in [6, 6.07) is 10.5. The van der Waals surface area contributed by atoms with E-state index >= 15 is 0 Å². The van der Waals surface area contributed by atoms with Crippen molar-refractivity contribution in [3.8, 4) is 11.8 Å². The molecule has 0 atom stereocenters. The summed E-state index contributed by atoms with van der Waals surface area (Å²) in [5, 5.41) is 12.0. The Morgan fingerprint density at radius 3 is 2.47 bits per heavy atom. The average molecular weight is 260 g/mol. The van der Waals surface area contributed by atoms with Crippen molar-refractivity contribution < 1.29 is 4.74 Å². The van der Waals surface area contributed by atoms with E-state index in [0.29, 0.717) is 6.61 Å². The van der Waals surface area contributed by atoms with Crippen LogP contribution in [0.25, 0.3) is 0 Å². The average Bonchev–Trinajstić information content (AvgIpc) is 2.40. The molecule has 0 bridgehead atoms. The van der Waals surface area contributed by atoms with Crippen LogP contribution >= 0.6 is 0 Å². The smallest absolute Gasteiger partial charge is 0.119 e. The van der Waals surface area contributed by atoms with Gasteiger partial charge < -0.3 is 10.1 Å². The number of hydrogen-bond acceptors (Lipinski definition) is 3. The number of nitrogens with one attached hydrogen (secondary N) is 1. The van der Waals surface area contributed by atoms with Crippen LogP contribution in [0, 0.1) is 16.7 Å². The lowest BCUT2D eigenvalue weighted by molar-refractivity contribution is 0.295. The molecular formula is C16H24N2O. The highest BCUT2D eigenvalue weighted by molar-refractivity contribution is 5.27. The molecule has 3 nitrogen and oxygen atoms in total. The summed E-state index contributed by atoms with van der Waals surface area (Å²) in [4.78, 5) is 0. The third kappa shape index (κ3) is 6.26. The van der Waals surface area contributed by atoms with Crippen molar-refractivity contribution in [2.75, 3.05) is 13.7 Å². The van der Waals surface area contributed by atoms with Crippen LogP contribution in [0.4, 0.5) is 0 Å². The van der Waals surface area contributed by atoms with Crippen LogP contribution in [0.1, 0.15) is 38.7 Å². The van der Waals surface area contributed by atoms with Crippen LogP contribution in [-0.4, -0.2) is 13.7 Å². The largest absolute Gasteiger partial charge is 0.494 e. The monoisotopic (exact) mass is 260 g/mol. The van der Waals surface area contributed by atoms with E-state index in [9.17, 15) is 0 Å². The fourth-order valence-electron chi connectivity index (χ4n) is 1.82. The molecule has 0 amide bonds. The van der Waals surface area contributed by atoms with Crippen LogP contribution in [0.3, 0.4) is 0 Å². The molecule has 0 fully saturated rings. The molecule has 0 heterocycles. The van der Waals surface area contributed by atoms with Gasteiger partial charge in [0.15, 0.2) is 0 Å². The van der Waals surface area contributed by atoms with Gasteiger partial charge in [-0.2, -0.15) is 5.26 Å². The summed E-state index contributed by atoms with van der Waals surface area (Å²) in [6.07, 6.45) is 2.94. The van der Waals surface area contributed by atoms with Crippen molar-refractivity contribution in [3.05, 3.63) is 29.8 Å². The zero-order valence-corrected chi connectivity index (χ0v) is 12.2. The second-order valence-corrected chi connectivity index (χ2v) is 5.48. The zero-order valence-electron chi connectivity index (χ0n) is 12.2. The first-order valence-electron chi connectivity index (χ1n) is 6.85. The molecule has 0 aliphatic carbocycles. The molecule has 3 heteroatoms. The number of benzene rings is 1. The molecule has 1 aromatic rings. The molecule has 0 unspecified atom stereocenters. The molecule has 0 aromatic heterocycles. The molecular weight excluding hydrogens is 236 g/mol. The highest BCUT2D eigenvalue weighted by atomic mass is 16.5. The van der Waals surface area contributed by atoms with Gasteiger partial charge in [-0.05, 0) is 57.9 Å². The van der Waals surface area contributed by atoms with Crippen LogP contribution in [0.5, 0.6) is 5.75 Å². The molecule has 0 aliphatic heterocycles. The molecule has 0 spiro atoms. The molecule has 1 aromatic carbocycles. The third-order valence-corrected chi connectivity index (χ3v) is 3.07. The standard InChI is InChI=1S/C16H24N2O/c1-16(2,13-17)10-4-5-11-19-15-8-6-14(7-9-15)12-18-3/h6-9,18H,4-5,10-12H2,1-3H3. The molecule has 1 rings (SSSR count). The normalized spacial score (nSPS) is 11.1. The van der Waals surface area contributed by atoms with Crippen LogP contribution < -0.4 is 10.1 Å². The summed E-state index contributed by atoms with van der Waals surface area (Å²) in [7, 11) is 1.94. The summed E-state index contributed by atoms with van der Waals surface area (Å²) in [5.74, 6) is 0.916. The lowest BCUT2D eigenvalue weighted by Gasteiger charge is -2.14. The quantitative estimate of drug-likeness (QED) is 0.728. The van der Waals surface area contributed by atoms with Gasteiger partial charge in [0.2, 0.25) is 0 Å². The Hall–Kier alpha value is -1.53. The van der Waals surface area contributed by atoms with Crippen molar-refractivity contribution in [1.29, 1.82) is 5.26 Å². The van der Waals surface area contributed by atoms with Crippen LogP contribution in [0.15, 0.2) is 24.3 Å². The second kappa shape index (κ2) is 7.81. The van der Waals surface area contributed by atoms with E-state index < -0.39 is 0 Å². The van der Waals surface area contributed by atoms with Gasteiger partial charge in [-0.1, -0.05) is 12.1 Å². The Morgan fingerprint density at radius 2 is 1.89 bits per heavy atom. The molecule has 0 radical (unpaired) electrons. The van der Waals surface area contributed by atoms with Gasteiger partial charge >= 0.3 is 0 Å². The maximum Gasteiger partial charge on any atom is 0.119 e. The van der Waals surface area contributed by atoms with Crippen molar-refractivity contribution in [3.63, 3.8) is 0 Å². The fourth-order valence-corrected chi connectivity index (χ4v) is 1.82. The van der Waals surface area contributed by atoms with Crippen LogP contribution in [-0.2, 0) is 6.54 Å². The van der Waals surface area contributed by atoms with Gasteiger partial charge in [0, 0.05) is 6.54 Å². The van der Waals surface area contributed by atoms with E-state index in [1.807, 2.05) is 33.0 Å². The Balaban J connectivity index is 2.21. The predicted molar refractivity (Wildman–Crippen MR) is 77.9 cm³/mol. The SMILES string of the molecule is CNCc1ccc(OCCCCC(C)(C)C#N)cc1. The van der Waals surface area contributed by atoms with Gasteiger partial charge in [0.05, 0.1) is 18.1 Å². The Morgan fingerprint density at radius 1 is 1.21 bits per heavy atom. The van der Waals surface area contributed by atoms with E-state index in [1.165, 1.54) is 5.56 Å². The number of unbranched alkanes of at least 4 members (excludes halogenated alkanes) is 1. The predicted octanol–water partition coefficient (Wildman–Crippen LogP) is 3.50. The first kappa shape index (κ1) is 15.5. The van der Waals surface area contributed by atoms with E-state index in [2.05, 4.69) is 23.5 Å². The third-order valence-electron chi connectivity index (χ3n) is 3.07. The lowest BCUT2D eigenvalue weighted by atomic mass is 9.89. The molecule has 0 saturated carbocycles. The molecule has 104 valence electrons. The highest BCUT2D eigenvalue weighted by Gasteiger charge is 2.15. The number of rotatable bonds is 8. The summed E-state index contributed by atoms with van der Waals surface area (Å²) in [5.41, 5.74) is 1.04. The Labute approximate surface area is 116 Å².